The van der Waals surface area contributed by atoms with E-state index in [9.17, 15) is 9.59 Å². The molecule has 2 N–H and O–H groups in total. The third-order valence-electron chi connectivity index (χ3n) is 7.21. The minimum Gasteiger partial charge on any atom is -0.348 e. The van der Waals surface area contributed by atoms with Crippen LogP contribution in [-0.2, 0) is 0 Å². The van der Waals surface area contributed by atoms with E-state index < -0.39 is 0 Å². The number of halogens is 1. The van der Waals surface area contributed by atoms with E-state index >= 15 is 0 Å². The molecule has 1 spiro atoms. The largest absolute Gasteiger partial charge is 0.348 e. The third kappa shape index (κ3) is 2.88. The second-order valence-electron chi connectivity index (χ2n) is 9.32. The summed E-state index contributed by atoms with van der Waals surface area (Å²) in [4.78, 5) is 29.2. The fraction of sp³-hybridized carbons (Fsp3) is 0.333. The van der Waals surface area contributed by atoms with Crippen LogP contribution < -0.4 is 10.9 Å². The Labute approximate surface area is 188 Å². The predicted octanol–water partition coefficient (Wildman–Crippen LogP) is 3.99. The molecule has 0 unspecified atom stereocenters. The van der Waals surface area contributed by atoms with Gasteiger partial charge in [-0.15, -0.1) is 0 Å². The van der Waals surface area contributed by atoms with Crippen molar-refractivity contribution in [1.29, 1.82) is 0 Å². The lowest BCUT2D eigenvalue weighted by atomic mass is 9.49. The minimum absolute atomic E-state index is 0.124. The van der Waals surface area contributed by atoms with Gasteiger partial charge in [-0.2, -0.15) is 5.10 Å². The van der Waals surface area contributed by atoms with Crippen molar-refractivity contribution in [1.82, 2.24) is 24.9 Å². The summed E-state index contributed by atoms with van der Waals surface area (Å²) >= 11 is 6.32. The van der Waals surface area contributed by atoms with Crippen LogP contribution in [0.5, 0.6) is 0 Å². The van der Waals surface area contributed by atoms with Crippen LogP contribution >= 0.6 is 11.6 Å². The average molecular weight is 448 g/mol. The monoisotopic (exact) mass is 447 g/mol. The Kier molecular flexibility index (Phi) is 4.21. The first kappa shape index (κ1) is 19.5. The van der Waals surface area contributed by atoms with E-state index in [0.29, 0.717) is 27.7 Å². The number of rotatable bonds is 3. The van der Waals surface area contributed by atoms with E-state index in [1.165, 1.54) is 0 Å². The second kappa shape index (κ2) is 6.90. The molecule has 32 heavy (non-hydrogen) atoms. The maximum absolute atomic E-state index is 12.8. The van der Waals surface area contributed by atoms with E-state index in [0.717, 1.165) is 42.3 Å². The van der Waals surface area contributed by atoms with Gasteiger partial charge in [0.2, 0.25) is 0 Å². The van der Waals surface area contributed by atoms with E-state index in [2.05, 4.69) is 20.5 Å². The van der Waals surface area contributed by atoms with Crippen LogP contribution in [0.2, 0.25) is 5.02 Å². The molecule has 7 nitrogen and oxygen atoms in total. The number of imidazole rings is 1. The second-order valence-corrected chi connectivity index (χ2v) is 9.70. The number of nitrogens with one attached hydrogen (secondary N) is 2. The number of amides is 1. The van der Waals surface area contributed by atoms with Crippen LogP contribution in [0.25, 0.3) is 16.4 Å². The Morgan fingerprint density at radius 2 is 1.94 bits per heavy atom. The summed E-state index contributed by atoms with van der Waals surface area (Å²) in [6.45, 7) is 1.92. The molecule has 2 aliphatic carbocycles. The molecule has 0 bridgehead atoms. The lowest BCUT2D eigenvalue weighted by molar-refractivity contribution is -0.0197. The number of fused-ring (bicyclic) bond motifs is 2. The molecule has 0 saturated heterocycles. The zero-order valence-corrected chi connectivity index (χ0v) is 18.3. The zero-order chi connectivity index (χ0) is 22.0. The third-order valence-corrected chi connectivity index (χ3v) is 7.68. The molecule has 2 saturated carbocycles. The quantitative estimate of drug-likeness (QED) is 0.496. The summed E-state index contributed by atoms with van der Waals surface area (Å²) in [7, 11) is 0. The molecular weight excluding hydrogens is 426 g/mol. The highest BCUT2D eigenvalue weighted by molar-refractivity contribution is 6.34. The van der Waals surface area contributed by atoms with Crippen LogP contribution in [0.15, 0.2) is 47.5 Å². The molecular formula is C24H22ClN5O2. The van der Waals surface area contributed by atoms with Gasteiger partial charge in [0.05, 0.1) is 22.3 Å². The number of hydrogen-bond donors (Lipinski definition) is 2. The van der Waals surface area contributed by atoms with Crippen molar-refractivity contribution in [3.05, 3.63) is 75.1 Å². The lowest BCUT2D eigenvalue weighted by Gasteiger charge is -2.57. The van der Waals surface area contributed by atoms with E-state index in [1.807, 2.05) is 43.5 Å². The van der Waals surface area contributed by atoms with E-state index in [-0.39, 0.29) is 22.9 Å². The minimum atomic E-state index is -0.145. The van der Waals surface area contributed by atoms with E-state index in [4.69, 9.17) is 11.6 Å². The zero-order valence-electron chi connectivity index (χ0n) is 17.6. The smallest absolute Gasteiger partial charge is 0.272 e. The van der Waals surface area contributed by atoms with Gasteiger partial charge in [0, 0.05) is 23.5 Å². The summed E-state index contributed by atoms with van der Waals surface area (Å²) < 4.78 is 1.74. The van der Waals surface area contributed by atoms with Gasteiger partial charge in [-0.3, -0.25) is 14.0 Å². The Balaban J connectivity index is 1.12. The average Bonchev–Trinajstić information content (AvgIpc) is 3.17. The van der Waals surface area contributed by atoms with Crippen molar-refractivity contribution in [3.8, 4) is 0 Å². The summed E-state index contributed by atoms with van der Waals surface area (Å²) in [5.41, 5.74) is 3.14. The van der Waals surface area contributed by atoms with Gasteiger partial charge in [-0.1, -0.05) is 29.8 Å². The first-order valence-electron chi connectivity index (χ1n) is 10.8. The molecule has 1 aromatic carbocycles. The van der Waals surface area contributed by atoms with Crippen LogP contribution in [0.3, 0.4) is 0 Å². The molecule has 3 aromatic heterocycles. The van der Waals surface area contributed by atoms with Gasteiger partial charge in [0.1, 0.15) is 5.69 Å². The number of pyridine rings is 1. The molecule has 2 aliphatic rings. The van der Waals surface area contributed by atoms with Crippen molar-refractivity contribution in [2.24, 2.45) is 5.41 Å². The maximum atomic E-state index is 12.8. The number of carbonyl (C=O) groups excluding carboxylic acids is 1. The topological polar surface area (TPSA) is 92.1 Å². The van der Waals surface area contributed by atoms with Gasteiger partial charge in [-0.25, -0.2) is 10.1 Å². The summed E-state index contributed by atoms with van der Waals surface area (Å²) in [6, 6.07) is 9.69. The molecule has 1 amide bonds. The Hall–Kier alpha value is -3.19. The molecule has 6 rings (SSSR count). The molecule has 4 aromatic rings. The maximum Gasteiger partial charge on any atom is 0.272 e. The highest BCUT2D eigenvalue weighted by atomic mass is 35.5. The lowest BCUT2D eigenvalue weighted by Crippen LogP contribution is -2.55. The normalized spacial score (nSPS) is 24.4. The predicted molar refractivity (Wildman–Crippen MR) is 122 cm³/mol. The Morgan fingerprint density at radius 1 is 1.19 bits per heavy atom. The number of nitrogens with zero attached hydrogens (tertiary/aromatic N) is 3. The number of benzene rings is 1. The van der Waals surface area contributed by atoms with Gasteiger partial charge < -0.3 is 5.32 Å². The number of carbonyl (C=O) groups is 1. The van der Waals surface area contributed by atoms with Crippen LogP contribution in [0.4, 0.5) is 0 Å². The molecule has 0 radical (unpaired) electrons. The Morgan fingerprint density at radius 3 is 2.72 bits per heavy atom. The standard InChI is InChI=1S/C24H22ClN5O2/c1-13-6-7-30-18(12-26-21(30)19(13)25)23(32)27-15-10-24(11-15)8-14(9-24)20-16-4-2-3-5-17(16)22(31)29-28-20/h2-7,12,14-15H,8-11H2,1H3,(H,27,32)(H,29,31). The van der Waals surface area contributed by atoms with Crippen molar-refractivity contribution in [2.75, 3.05) is 0 Å². The van der Waals surface area contributed by atoms with Crippen molar-refractivity contribution in [3.63, 3.8) is 0 Å². The summed E-state index contributed by atoms with van der Waals surface area (Å²) in [6.07, 6.45) is 7.41. The fourth-order valence-electron chi connectivity index (χ4n) is 5.58. The van der Waals surface area contributed by atoms with Crippen LogP contribution in [0, 0.1) is 12.3 Å². The van der Waals surface area contributed by atoms with Gasteiger partial charge in [-0.05, 0) is 55.7 Å². The molecule has 162 valence electrons. The van der Waals surface area contributed by atoms with Crippen LogP contribution in [-0.4, -0.2) is 31.5 Å². The van der Waals surface area contributed by atoms with Crippen LogP contribution in [0.1, 0.15) is 53.3 Å². The number of hydrogen-bond acceptors (Lipinski definition) is 4. The number of aromatic amines is 1. The van der Waals surface area contributed by atoms with Gasteiger partial charge >= 0.3 is 0 Å². The van der Waals surface area contributed by atoms with E-state index in [1.54, 1.807) is 10.6 Å². The molecule has 3 heterocycles. The molecule has 0 aliphatic heterocycles. The van der Waals surface area contributed by atoms with Gasteiger partial charge in [0.15, 0.2) is 5.65 Å². The first-order chi connectivity index (χ1) is 15.4. The molecule has 2 fully saturated rings. The van der Waals surface area contributed by atoms with Crippen molar-refractivity contribution < 1.29 is 4.79 Å². The fourth-order valence-corrected chi connectivity index (χ4v) is 5.79. The van der Waals surface area contributed by atoms with Crippen molar-refractivity contribution in [2.45, 2.75) is 44.6 Å². The number of aryl methyl sites for hydroxylation is 1. The number of aromatic nitrogens is 4. The SMILES string of the molecule is Cc1ccn2c(C(=O)NC3CC4(C3)CC(c3n[nH]c(=O)c5ccccc35)C4)cnc2c1Cl. The highest BCUT2D eigenvalue weighted by Crippen LogP contribution is 2.62. The summed E-state index contributed by atoms with van der Waals surface area (Å²) in [5, 5.41) is 12.4. The number of H-pyrrole nitrogens is 1. The summed E-state index contributed by atoms with van der Waals surface area (Å²) in [5.74, 6) is 0.221. The Bertz CT molecular complexity index is 1440. The molecule has 0 atom stereocenters. The van der Waals surface area contributed by atoms with Crippen molar-refractivity contribution >= 4 is 33.9 Å². The molecule has 8 heteroatoms. The highest BCUT2D eigenvalue weighted by Gasteiger charge is 2.54. The van der Waals surface area contributed by atoms with Gasteiger partial charge in [0.25, 0.3) is 11.5 Å². The first-order valence-corrected chi connectivity index (χ1v) is 11.2.